The van der Waals surface area contributed by atoms with Gasteiger partial charge in [-0.2, -0.15) is 5.26 Å². The maximum Gasteiger partial charge on any atom is 0.340 e. The van der Waals surface area contributed by atoms with Crippen LogP contribution in [0, 0.1) is 11.3 Å². The molecular formula is C23H22ClN3O4. The van der Waals surface area contributed by atoms with Gasteiger partial charge in [-0.05, 0) is 42.5 Å². The van der Waals surface area contributed by atoms with Crippen molar-refractivity contribution in [3.63, 3.8) is 0 Å². The monoisotopic (exact) mass is 439 g/mol. The van der Waals surface area contributed by atoms with E-state index >= 15 is 0 Å². The van der Waals surface area contributed by atoms with Crippen LogP contribution in [0.4, 0.5) is 0 Å². The molecule has 2 aromatic carbocycles. The number of nitrogens with one attached hydrogen (secondary N) is 2. The molecule has 8 heteroatoms. The van der Waals surface area contributed by atoms with Gasteiger partial charge in [0.1, 0.15) is 12.0 Å². The first-order chi connectivity index (χ1) is 14.8. The lowest BCUT2D eigenvalue weighted by atomic mass is 9.97. The smallest absolute Gasteiger partial charge is 0.340 e. The SMILES string of the molecule is COC(=O)c1c(Cl)cccc1-c1ccc([C@@H](C)NC(=O)C2(NC(=O)CC#N)CC2)cc1. The van der Waals surface area contributed by atoms with Crippen LogP contribution in [0.5, 0.6) is 0 Å². The summed E-state index contributed by atoms with van der Waals surface area (Å²) < 4.78 is 4.85. The fourth-order valence-electron chi connectivity index (χ4n) is 3.36. The summed E-state index contributed by atoms with van der Waals surface area (Å²) in [5, 5.41) is 14.5. The summed E-state index contributed by atoms with van der Waals surface area (Å²) in [7, 11) is 1.30. The standard InChI is InChI=1S/C23H22ClN3O4/c1-14(26-22(30)23(11-12-23)27-19(28)10-13-25)15-6-8-16(9-7-15)17-4-3-5-18(24)20(17)21(29)31-2/h3-9,14H,10-12H2,1-2H3,(H,26,30)(H,27,28)/t14-/m1/s1. The van der Waals surface area contributed by atoms with Crippen LogP contribution in [0.25, 0.3) is 11.1 Å². The molecule has 0 saturated heterocycles. The summed E-state index contributed by atoms with van der Waals surface area (Å²) in [5.74, 6) is -1.23. The van der Waals surface area contributed by atoms with E-state index in [2.05, 4.69) is 10.6 Å². The third kappa shape index (κ3) is 4.86. The third-order valence-electron chi connectivity index (χ3n) is 5.28. The predicted molar refractivity (Wildman–Crippen MR) is 115 cm³/mol. The van der Waals surface area contributed by atoms with Crippen LogP contribution in [-0.4, -0.2) is 30.4 Å². The lowest BCUT2D eigenvalue weighted by Crippen LogP contribution is -2.49. The van der Waals surface area contributed by atoms with Crippen molar-refractivity contribution in [2.45, 2.75) is 37.8 Å². The summed E-state index contributed by atoms with van der Waals surface area (Å²) in [6.07, 6.45) is 0.822. The predicted octanol–water partition coefficient (Wildman–Crippen LogP) is 3.53. The Labute approximate surface area is 185 Å². The first-order valence-electron chi connectivity index (χ1n) is 9.77. The number of ether oxygens (including phenoxy) is 1. The summed E-state index contributed by atoms with van der Waals surface area (Å²) in [6.45, 7) is 1.85. The Morgan fingerprint density at radius 1 is 1.19 bits per heavy atom. The number of hydrogen-bond acceptors (Lipinski definition) is 5. The van der Waals surface area contributed by atoms with Gasteiger partial charge in [0.15, 0.2) is 0 Å². The highest BCUT2D eigenvalue weighted by atomic mass is 35.5. The zero-order chi connectivity index (χ0) is 22.6. The zero-order valence-corrected chi connectivity index (χ0v) is 18.0. The van der Waals surface area contributed by atoms with Crippen molar-refractivity contribution in [3.8, 4) is 17.2 Å². The second-order valence-electron chi connectivity index (χ2n) is 7.44. The van der Waals surface area contributed by atoms with Gasteiger partial charge in [0, 0.05) is 0 Å². The number of esters is 1. The lowest BCUT2D eigenvalue weighted by Gasteiger charge is -2.21. The molecule has 2 aromatic rings. The van der Waals surface area contributed by atoms with Gasteiger partial charge >= 0.3 is 5.97 Å². The van der Waals surface area contributed by atoms with Crippen molar-refractivity contribution < 1.29 is 19.1 Å². The molecule has 160 valence electrons. The van der Waals surface area contributed by atoms with Gasteiger partial charge in [-0.1, -0.05) is 48.0 Å². The van der Waals surface area contributed by atoms with Crippen LogP contribution in [0.15, 0.2) is 42.5 Å². The fourth-order valence-corrected chi connectivity index (χ4v) is 3.61. The molecule has 1 aliphatic carbocycles. The number of carbonyl (C=O) groups excluding carboxylic acids is 3. The van der Waals surface area contributed by atoms with E-state index in [-0.39, 0.29) is 18.4 Å². The molecule has 0 radical (unpaired) electrons. The molecule has 31 heavy (non-hydrogen) atoms. The van der Waals surface area contributed by atoms with E-state index in [1.165, 1.54) is 7.11 Å². The maximum absolute atomic E-state index is 12.7. The Hall–Kier alpha value is -3.37. The minimum Gasteiger partial charge on any atom is -0.465 e. The van der Waals surface area contributed by atoms with E-state index in [1.54, 1.807) is 24.3 Å². The maximum atomic E-state index is 12.7. The summed E-state index contributed by atoms with van der Waals surface area (Å²) in [6, 6.07) is 14.1. The van der Waals surface area contributed by atoms with E-state index in [1.807, 2.05) is 31.2 Å². The molecule has 0 unspecified atom stereocenters. The number of halogens is 1. The van der Waals surface area contributed by atoms with Crippen LogP contribution in [0.1, 0.15) is 48.1 Å². The molecule has 0 spiro atoms. The van der Waals surface area contributed by atoms with Gasteiger partial charge in [0.2, 0.25) is 11.8 Å². The van der Waals surface area contributed by atoms with Crippen LogP contribution in [0.3, 0.4) is 0 Å². The number of rotatable bonds is 7. The normalized spacial score (nSPS) is 14.6. The number of hydrogen-bond donors (Lipinski definition) is 2. The number of carbonyl (C=O) groups is 3. The molecule has 0 heterocycles. The molecule has 0 bridgehead atoms. The molecule has 7 nitrogen and oxygen atoms in total. The van der Waals surface area contributed by atoms with Gasteiger partial charge in [-0.25, -0.2) is 4.79 Å². The molecule has 1 atom stereocenters. The number of benzene rings is 2. The number of methoxy groups -OCH3 is 1. The topological polar surface area (TPSA) is 108 Å². The highest BCUT2D eigenvalue weighted by Gasteiger charge is 2.51. The van der Waals surface area contributed by atoms with Gasteiger partial charge in [0.25, 0.3) is 0 Å². The molecule has 0 aromatic heterocycles. The van der Waals surface area contributed by atoms with Crippen molar-refractivity contribution >= 4 is 29.4 Å². The van der Waals surface area contributed by atoms with Crippen molar-refractivity contribution in [1.29, 1.82) is 5.26 Å². The average molecular weight is 440 g/mol. The van der Waals surface area contributed by atoms with Crippen molar-refractivity contribution in [3.05, 3.63) is 58.6 Å². The second kappa shape index (κ2) is 9.19. The molecule has 0 aliphatic heterocycles. The second-order valence-corrected chi connectivity index (χ2v) is 7.84. The van der Waals surface area contributed by atoms with E-state index in [0.29, 0.717) is 29.0 Å². The number of nitrogens with zero attached hydrogens (tertiary/aromatic N) is 1. The molecule has 1 fully saturated rings. The van der Waals surface area contributed by atoms with E-state index in [9.17, 15) is 14.4 Å². The van der Waals surface area contributed by atoms with Gasteiger partial charge in [-0.3, -0.25) is 9.59 Å². The Kier molecular flexibility index (Phi) is 6.62. The van der Waals surface area contributed by atoms with E-state index < -0.39 is 17.4 Å². The molecule has 1 aliphatic rings. The first kappa shape index (κ1) is 22.3. The zero-order valence-electron chi connectivity index (χ0n) is 17.2. The minimum absolute atomic E-state index is 0.266. The average Bonchev–Trinajstić information content (AvgIpc) is 3.54. The van der Waals surface area contributed by atoms with Crippen molar-refractivity contribution in [2.24, 2.45) is 0 Å². The number of amides is 2. The van der Waals surface area contributed by atoms with Gasteiger partial charge < -0.3 is 15.4 Å². The summed E-state index contributed by atoms with van der Waals surface area (Å²) >= 11 is 6.20. The summed E-state index contributed by atoms with van der Waals surface area (Å²) in [4.78, 5) is 36.5. The number of nitriles is 1. The van der Waals surface area contributed by atoms with Crippen LogP contribution in [-0.2, 0) is 14.3 Å². The fraction of sp³-hybridized carbons (Fsp3) is 0.304. The Bertz CT molecular complexity index is 1060. The Morgan fingerprint density at radius 3 is 2.45 bits per heavy atom. The van der Waals surface area contributed by atoms with E-state index in [0.717, 1.165) is 11.1 Å². The third-order valence-corrected chi connectivity index (χ3v) is 5.59. The van der Waals surface area contributed by atoms with Crippen LogP contribution < -0.4 is 10.6 Å². The quantitative estimate of drug-likeness (QED) is 0.641. The molecule has 3 rings (SSSR count). The Balaban J connectivity index is 1.73. The Morgan fingerprint density at radius 2 is 1.87 bits per heavy atom. The highest BCUT2D eigenvalue weighted by Crippen LogP contribution is 2.36. The molecular weight excluding hydrogens is 418 g/mol. The molecule has 1 saturated carbocycles. The van der Waals surface area contributed by atoms with Crippen molar-refractivity contribution in [1.82, 2.24) is 10.6 Å². The van der Waals surface area contributed by atoms with E-state index in [4.69, 9.17) is 21.6 Å². The highest BCUT2D eigenvalue weighted by molar-refractivity contribution is 6.34. The first-order valence-corrected chi connectivity index (χ1v) is 10.1. The van der Waals surface area contributed by atoms with Gasteiger partial charge in [-0.15, -0.1) is 0 Å². The largest absolute Gasteiger partial charge is 0.465 e. The van der Waals surface area contributed by atoms with Crippen molar-refractivity contribution in [2.75, 3.05) is 7.11 Å². The lowest BCUT2D eigenvalue weighted by molar-refractivity contribution is -0.130. The summed E-state index contributed by atoms with van der Waals surface area (Å²) in [5.41, 5.74) is 1.67. The van der Waals surface area contributed by atoms with Gasteiger partial charge in [0.05, 0.1) is 29.8 Å². The molecule has 2 amide bonds. The van der Waals surface area contributed by atoms with Crippen LogP contribution >= 0.6 is 11.6 Å². The van der Waals surface area contributed by atoms with Crippen LogP contribution in [0.2, 0.25) is 5.02 Å². The minimum atomic E-state index is -0.918. The molecule has 2 N–H and O–H groups in total.